The number of hydrogen-bond acceptors (Lipinski definition) is 19. The molecule has 0 aromatic heterocycles. The molecule has 0 aromatic carbocycles. The van der Waals surface area contributed by atoms with Crippen LogP contribution >= 0.6 is 0 Å². The third-order valence-electron chi connectivity index (χ3n) is 7.91. The molecule has 0 unspecified atom stereocenters. The van der Waals surface area contributed by atoms with Crippen LogP contribution in [0.4, 0.5) is 0 Å². The second-order valence-corrected chi connectivity index (χ2v) is 14.9. The maximum absolute atomic E-state index is 10.3. The molecule has 2 heterocycles. The molecule has 8 N–H and O–H groups in total. The normalized spacial score (nSPS) is 33.4. The Balaban J connectivity index is 2.73. The van der Waals surface area contributed by atoms with Gasteiger partial charge in [0.05, 0.1) is 115 Å². The molecule has 0 amide bonds. The summed E-state index contributed by atoms with van der Waals surface area (Å²) in [5.41, 5.74) is 0. The topological polar surface area (TPSA) is 263 Å². The van der Waals surface area contributed by atoms with E-state index in [0.717, 1.165) is 0 Å². The second-order valence-electron chi connectivity index (χ2n) is 14.9. The first-order chi connectivity index (χ1) is 25.9. The van der Waals surface area contributed by atoms with Gasteiger partial charge in [-0.3, -0.25) is 0 Å². The van der Waals surface area contributed by atoms with Crippen LogP contribution in [0.25, 0.3) is 0 Å². The summed E-state index contributed by atoms with van der Waals surface area (Å²) in [6.45, 7) is 10.7. The minimum Gasteiger partial charge on any atom is -0.391 e. The first-order valence-electron chi connectivity index (χ1n) is 19.1. The molecule has 19 heteroatoms. The van der Waals surface area contributed by atoms with E-state index in [9.17, 15) is 40.9 Å². The Bertz CT molecular complexity index is 969. The van der Waals surface area contributed by atoms with Gasteiger partial charge in [-0.05, 0) is 55.4 Å². The molecule has 2 fully saturated rings. The average Bonchev–Trinajstić information content (AvgIpc) is 3.07. The molecule has 2 saturated heterocycles. The van der Waals surface area contributed by atoms with E-state index >= 15 is 0 Å². The Kier molecular flexibility index (Phi) is 24.1. The Morgan fingerprint density at radius 3 is 1.04 bits per heavy atom. The van der Waals surface area contributed by atoms with E-state index in [1.54, 1.807) is 13.8 Å². The molecule has 0 bridgehead atoms. The zero-order valence-electron chi connectivity index (χ0n) is 33.5. The molecule has 0 radical (unpaired) electrons. The van der Waals surface area contributed by atoms with Crippen LogP contribution in [0.5, 0.6) is 0 Å². The smallest absolute Gasteiger partial charge is 0.187 e. The van der Waals surface area contributed by atoms with E-state index in [0.29, 0.717) is 0 Å². The average molecular weight is 807 g/mol. The molecule has 2 rings (SSSR count). The van der Waals surface area contributed by atoms with Crippen molar-refractivity contribution in [3.63, 3.8) is 0 Å². The highest BCUT2D eigenvalue weighted by Gasteiger charge is 2.55. The highest BCUT2D eigenvalue weighted by molar-refractivity contribution is 4.98. The van der Waals surface area contributed by atoms with Crippen molar-refractivity contribution in [3.8, 4) is 0 Å². The SMILES string of the molecule is C[C@H](O)COC[C@@H]1O[C@H](O[C@H]2[C@@H](OC[C@H](C)O)[C@@H](OC[C@H](C)O)[C@H](OC[C@H](C)O)O[C@H]2COC[C@H](C)O)[C@@H](OC[C@H](C)O)[C@H](OC[C@H](C)O)[C@H]1OC[C@H](C)O. The van der Waals surface area contributed by atoms with E-state index in [-0.39, 0.29) is 66.1 Å². The fourth-order valence-corrected chi connectivity index (χ4v) is 5.72. The fraction of sp³-hybridized carbons (Fsp3) is 1.00. The number of aliphatic hydroxyl groups excluding tert-OH is 8. The highest BCUT2D eigenvalue weighted by atomic mass is 16.8. The summed E-state index contributed by atoms with van der Waals surface area (Å²) >= 11 is 0. The molecule has 0 spiro atoms. The van der Waals surface area contributed by atoms with Gasteiger partial charge in [-0.15, -0.1) is 0 Å². The van der Waals surface area contributed by atoms with E-state index in [4.69, 9.17) is 52.1 Å². The first-order valence-corrected chi connectivity index (χ1v) is 19.1. The van der Waals surface area contributed by atoms with Gasteiger partial charge in [0.25, 0.3) is 0 Å². The zero-order chi connectivity index (χ0) is 41.2. The molecule has 0 saturated carbocycles. The predicted molar refractivity (Wildman–Crippen MR) is 192 cm³/mol. The maximum Gasteiger partial charge on any atom is 0.187 e. The standard InChI is InChI=1S/C36H70O19/c1-19(37)9-45-17-27-29(47-11-21(3)39)31(48-12-22(4)40)34(51-15-25(7)43)36(54-27)55-30-28(18-46-10-20(2)38)53-35(52-16-26(8)44)33(50-14-24(6)42)32(30)49-13-23(5)41/h19-44H,9-18H2,1-8H3/t19-,20-,21-,22-,23-,24-,25-,26-,27-,28-,29-,30+,31+,32+,33+,34-,35+,36+/m0/s1. The van der Waals surface area contributed by atoms with Crippen molar-refractivity contribution in [3.05, 3.63) is 0 Å². The lowest BCUT2D eigenvalue weighted by Gasteiger charge is -2.50. The summed E-state index contributed by atoms with van der Waals surface area (Å²) in [6.07, 6.45) is -18.5. The highest BCUT2D eigenvalue weighted by Crippen LogP contribution is 2.35. The van der Waals surface area contributed by atoms with Crippen LogP contribution in [0.3, 0.4) is 0 Å². The summed E-state index contributed by atoms with van der Waals surface area (Å²) in [4.78, 5) is 0. The summed E-state index contributed by atoms with van der Waals surface area (Å²) in [7, 11) is 0. The van der Waals surface area contributed by atoms with Gasteiger partial charge in [-0.2, -0.15) is 0 Å². The van der Waals surface area contributed by atoms with Crippen molar-refractivity contribution in [1.29, 1.82) is 0 Å². The summed E-state index contributed by atoms with van der Waals surface area (Å²) in [5, 5.41) is 81.2. The van der Waals surface area contributed by atoms with E-state index < -0.39 is 110 Å². The van der Waals surface area contributed by atoms with E-state index in [1.807, 2.05) is 0 Å². The summed E-state index contributed by atoms with van der Waals surface area (Å²) in [6, 6.07) is 0. The molecular formula is C36H70O19. The quantitative estimate of drug-likeness (QED) is 0.0419. The van der Waals surface area contributed by atoms with Gasteiger partial charge in [0.15, 0.2) is 12.6 Å². The zero-order valence-corrected chi connectivity index (χ0v) is 33.5. The lowest BCUT2D eigenvalue weighted by atomic mass is 9.95. The first kappa shape index (κ1) is 50.4. The Hall–Kier alpha value is -0.760. The van der Waals surface area contributed by atoms with Crippen LogP contribution in [0.2, 0.25) is 0 Å². The molecular weight excluding hydrogens is 736 g/mol. The maximum atomic E-state index is 10.3. The van der Waals surface area contributed by atoms with Crippen molar-refractivity contribution in [2.75, 3.05) is 66.1 Å². The molecule has 2 aliphatic heterocycles. The Morgan fingerprint density at radius 1 is 0.345 bits per heavy atom. The second kappa shape index (κ2) is 26.4. The molecule has 55 heavy (non-hydrogen) atoms. The van der Waals surface area contributed by atoms with Crippen molar-refractivity contribution in [2.24, 2.45) is 0 Å². The molecule has 18 atom stereocenters. The van der Waals surface area contributed by atoms with Gasteiger partial charge >= 0.3 is 0 Å². The van der Waals surface area contributed by atoms with E-state index in [1.165, 1.54) is 41.5 Å². The Morgan fingerprint density at radius 2 is 0.636 bits per heavy atom. The lowest BCUT2D eigenvalue weighted by molar-refractivity contribution is -0.377. The monoisotopic (exact) mass is 806 g/mol. The van der Waals surface area contributed by atoms with Gasteiger partial charge in [0.1, 0.15) is 48.8 Å². The molecule has 328 valence electrons. The van der Waals surface area contributed by atoms with Crippen LogP contribution in [0, 0.1) is 0 Å². The fourth-order valence-electron chi connectivity index (χ4n) is 5.72. The molecule has 2 aliphatic rings. The van der Waals surface area contributed by atoms with Gasteiger partial charge in [-0.1, -0.05) is 0 Å². The number of ether oxygens (including phenoxy) is 11. The summed E-state index contributed by atoms with van der Waals surface area (Å²) < 4.78 is 68.1. The number of aliphatic hydroxyl groups is 8. The Labute approximate surface area is 324 Å². The summed E-state index contributed by atoms with van der Waals surface area (Å²) in [5.74, 6) is 0. The van der Waals surface area contributed by atoms with Crippen molar-refractivity contribution in [1.82, 2.24) is 0 Å². The van der Waals surface area contributed by atoms with Crippen molar-refractivity contribution < 1.29 is 93.0 Å². The largest absolute Gasteiger partial charge is 0.391 e. The minimum absolute atomic E-state index is 0.0553. The van der Waals surface area contributed by atoms with Crippen LogP contribution in [0.1, 0.15) is 55.4 Å². The van der Waals surface area contributed by atoms with Gasteiger partial charge < -0.3 is 93.0 Å². The van der Waals surface area contributed by atoms with Crippen LogP contribution in [0.15, 0.2) is 0 Å². The third-order valence-corrected chi connectivity index (χ3v) is 7.91. The lowest BCUT2D eigenvalue weighted by Crippen LogP contribution is -2.67. The molecule has 0 aromatic rings. The molecule has 19 nitrogen and oxygen atoms in total. The van der Waals surface area contributed by atoms with Crippen molar-refractivity contribution in [2.45, 2.75) is 166 Å². The van der Waals surface area contributed by atoms with Gasteiger partial charge in [0.2, 0.25) is 0 Å². The predicted octanol–water partition coefficient (Wildman–Crippen LogP) is -2.16. The number of rotatable bonds is 28. The number of hydrogen-bond donors (Lipinski definition) is 8. The van der Waals surface area contributed by atoms with Crippen LogP contribution in [-0.2, 0) is 52.1 Å². The van der Waals surface area contributed by atoms with Crippen molar-refractivity contribution >= 4 is 0 Å². The van der Waals surface area contributed by atoms with Crippen LogP contribution < -0.4 is 0 Å². The molecule has 0 aliphatic carbocycles. The van der Waals surface area contributed by atoms with Crippen LogP contribution in [-0.4, -0.2) is 217 Å². The van der Waals surface area contributed by atoms with Gasteiger partial charge in [-0.25, -0.2) is 0 Å². The van der Waals surface area contributed by atoms with Gasteiger partial charge in [0, 0.05) is 0 Å². The minimum atomic E-state index is -1.39. The third kappa shape index (κ3) is 19.2. The van der Waals surface area contributed by atoms with E-state index in [2.05, 4.69) is 0 Å².